The number of halogens is 2. The fourth-order valence-corrected chi connectivity index (χ4v) is 3.06. The van der Waals surface area contributed by atoms with Gasteiger partial charge in [-0.1, -0.05) is 59.6 Å². The highest BCUT2D eigenvalue weighted by molar-refractivity contribution is 6.42. The molecule has 0 amide bonds. The average molecular weight is 351 g/mol. The molecule has 2 rings (SSSR count). The zero-order valence-electron chi connectivity index (χ0n) is 13.7. The van der Waals surface area contributed by atoms with Crippen molar-refractivity contribution in [1.82, 2.24) is 10.2 Å². The predicted octanol–water partition coefficient (Wildman–Crippen LogP) is 4.82. The van der Waals surface area contributed by atoms with E-state index in [0.717, 1.165) is 26.1 Å². The van der Waals surface area contributed by atoms with E-state index in [1.165, 1.54) is 11.1 Å². The highest BCUT2D eigenvalue weighted by atomic mass is 35.5. The summed E-state index contributed by atoms with van der Waals surface area (Å²) in [5, 5.41) is 4.52. The van der Waals surface area contributed by atoms with Crippen LogP contribution in [0.5, 0.6) is 0 Å². The first-order chi connectivity index (χ1) is 11.1. The fourth-order valence-electron chi connectivity index (χ4n) is 2.75. The van der Waals surface area contributed by atoms with Crippen molar-refractivity contribution < 1.29 is 0 Å². The van der Waals surface area contributed by atoms with Crippen molar-refractivity contribution in [3.05, 3.63) is 69.7 Å². The smallest absolute Gasteiger partial charge is 0.0595 e. The number of benzene rings is 2. The Morgan fingerprint density at radius 3 is 2.43 bits per heavy atom. The summed E-state index contributed by atoms with van der Waals surface area (Å²) >= 11 is 12.2. The van der Waals surface area contributed by atoms with Crippen molar-refractivity contribution >= 4 is 23.2 Å². The topological polar surface area (TPSA) is 15.3 Å². The number of hydrogen-bond acceptors (Lipinski definition) is 2. The van der Waals surface area contributed by atoms with Gasteiger partial charge < -0.3 is 10.2 Å². The Morgan fingerprint density at radius 1 is 1.04 bits per heavy atom. The second-order valence-electron chi connectivity index (χ2n) is 5.94. The molecule has 1 atom stereocenters. The monoisotopic (exact) mass is 350 g/mol. The Bertz CT molecular complexity index is 602. The van der Waals surface area contributed by atoms with Crippen molar-refractivity contribution in [2.45, 2.75) is 18.9 Å². The van der Waals surface area contributed by atoms with Crippen molar-refractivity contribution in [2.24, 2.45) is 0 Å². The Morgan fingerprint density at radius 2 is 1.78 bits per heavy atom. The minimum absolute atomic E-state index is 0.424. The quantitative estimate of drug-likeness (QED) is 0.734. The summed E-state index contributed by atoms with van der Waals surface area (Å²) in [5.41, 5.74) is 2.58. The normalized spacial score (nSPS) is 12.6. The third kappa shape index (κ3) is 5.82. The zero-order chi connectivity index (χ0) is 16.7. The van der Waals surface area contributed by atoms with Gasteiger partial charge in [0.1, 0.15) is 0 Å². The van der Waals surface area contributed by atoms with Gasteiger partial charge >= 0.3 is 0 Å². The molecule has 124 valence electrons. The Labute approximate surface area is 149 Å². The van der Waals surface area contributed by atoms with Crippen LogP contribution in [0.2, 0.25) is 10.0 Å². The molecule has 4 heteroatoms. The summed E-state index contributed by atoms with van der Waals surface area (Å²) in [6.45, 7) is 2.92. The molecule has 0 heterocycles. The van der Waals surface area contributed by atoms with Crippen LogP contribution in [-0.4, -0.2) is 32.1 Å². The molecular formula is C19H24Cl2N2. The molecule has 2 aromatic carbocycles. The molecule has 23 heavy (non-hydrogen) atoms. The summed E-state index contributed by atoms with van der Waals surface area (Å²) in [5.74, 6) is 0.424. The molecule has 1 N–H and O–H groups in total. The molecule has 0 aromatic heterocycles. The van der Waals surface area contributed by atoms with Crippen molar-refractivity contribution in [1.29, 1.82) is 0 Å². The first-order valence-electron chi connectivity index (χ1n) is 7.92. The van der Waals surface area contributed by atoms with Crippen molar-refractivity contribution in [3.63, 3.8) is 0 Å². The summed E-state index contributed by atoms with van der Waals surface area (Å²) in [4.78, 5) is 2.36. The van der Waals surface area contributed by atoms with E-state index >= 15 is 0 Å². The fraction of sp³-hybridized carbons (Fsp3) is 0.368. The van der Waals surface area contributed by atoms with Gasteiger partial charge in [0.15, 0.2) is 0 Å². The maximum absolute atomic E-state index is 6.17. The lowest BCUT2D eigenvalue weighted by molar-refractivity contribution is 0.309. The number of nitrogens with zero attached hydrogens (tertiary/aromatic N) is 1. The van der Waals surface area contributed by atoms with E-state index in [0.29, 0.717) is 16.0 Å². The maximum atomic E-state index is 6.17. The van der Waals surface area contributed by atoms with Crippen LogP contribution in [0.4, 0.5) is 0 Å². The van der Waals surface area contributed by atoms with Crippen LogP contribution in [-0.2, 0) is 6.54 Å². The Hall–Kier alpha value is -1.06. The van der Waals surface area contributed by atoms with Crippen LogP contribution in [0.3, 0.4) is 0 Å². The van der Waals surface area contributed by atoms with Crippen LogP contribution in [0.25, 0.3) is 0 Å². The Balaban J connectivity index is 1.95. The molecule has 1 unspecified atom stereocenters. The molecule has 0 saturated carbocycles. The summed E-state index contributed by atoms with van der Waals surface area (Å²) in [6, 6.07) is 16.5. The van der Waals surface area contributed by atoms with Crippen LogP contribution in [0.15, 0.2) is 48.5 Å². The number of rotatable bonds is 8. The second-order valence-corrected chi connectivity index (χ2v) is 6.75. The van der Waals surface area contributed by atoms with Gasteiger partial charge in [0.05, 0.1) is 10.0 Å². The highest BCUT2D eigenvalue weighted by Gasteiger charge is 2.13. The van der Waals surface area contributed by atoms with Gasteiger partial charge in [-0.15, -0.1) is 0 Å². The van der Waals surface area contributed by atoms with E-state index < -0.39 is 0 Å². The Kier molecular flexibility index (Phi) is 7.38. The van der Waals surface area contributed by atoms with E-state index in [1.54, 1.807) is 0 Å². The second kappa shape index (κ2) is 9.29. The van der Waals surface area contributed by atoms with Crippen LogP contribution >= 0.6 is 23.2 Å². The number of hydrogen-bond donors (Lipinski definition) is 1. The van der Waals surface area contributed by atoms with Gasteiger partial charge in [-0.3, -0.25) is 0 Å². The first-order valence-corrected chi connectivity index (χ1v) is 8.67. The molecule has 2 aromatic rings. The third-order valence-corrected chi connectivity index (χ3v) is 4.76. The van der Waals surface area contributed by atoms with E-state index in [4.69, 9.17) is 23.2 Å². The summed E-state index contributed by atoms with van der Waals surface area (Å²) in [6.07, 6.45) is 1.07. The summed E-state index contributed by atoms with van der Waals surface area (Å²) in [7, 11) is 4.15. The molecule has 0 fully saturated rings. The molecule has 0 aliphatic rings. The van der Waals surface area contributed by atoms with E-state index in [9.17, 15) is 0 Å². The summed E-state index contributed by atoms with van der Waals surface area (Å²) < 4.78 is 0. The number of nitrogens with one attached hydrogen (secondary N) is 1. The standard InChI is InChI=1S/C19H24Cl2N2/c1-22-13-17(16-8-9-18(20)19(21)12-16)10-11-23(2)14-15-6-4-3-5-7-15/h3-9,12,17,22H,10-11,13-14H2,1-2H3. The highest BCUT2D eigenvalue weighted by Crippen LogP contribution is 2.28. The molecule has 0 spiro atoms. The molecule has 0 aliphatic heterocycles. The first kappa shape index (κ1) is 18.3. The van der Waals surface area contributed by atoms with Gasteiger partial charge in [0.2, 0.25) is 0 Å². The van der Waals surface area contributed by atoms with Gasteiger partial charge in [-0.2, -0.15) is 0 Å². The van der Waals surface area contributed by atoms with Crippen LogP contribution in [0.1, 0.15) is 23.5 Å². The molecule has 0 aliphatic carbocycles. The maximum Gasteiger partial charge on any atom is 0.0595 e. The van der Waals surface area contributed by atoms with Gasteiger partial charge in [-0.25, -0.2) is 0 Å². The minimum Gasteiger partial charge on any atom is -0.319 e. The van der Waals surface area contributed by atoms with Crippen molar-refractivity contribution in [2.75, 3.05) is 27.2 Å². The predicted molar refractivity (Wildman–Crippen MR) is 101 cm³/mol. The van der Waals surface area contributed by atoms with Crippen LogP contribution < -0.4 is 5.32 Å². The van der Waals surface area contributed by atoms with Gasteiger partial charge in [0, 0.05) is 13.1 Å². The van der Waals surface area contributed by atoms with E-state index in [-0.39, 0.29) is 0 Å². The molecule has 0 saturated heterocycles. The zero-order valence-corrected chi connectivity index (χ0v) is 15.2. The molecular weight excluding hydrogens is 327 g/mol. The SMILES string of the molecule is CNCC(CCN(C)Cc1ccccc1)c1ccc(Cl)c(Cl)c1. The minimum atomic E-state index is 0.424. The molecule has 0 bridgehead atoms. The van der Waals surface area contributed by atoms with E-state index in [2.05, 4.69) is 53.7 Å². The lowest BCUT2D eigenvalue weighted by Crippen LogP contribution is -2.24. The largest absolute Gasteiger partial charge is 0.319 e. The lowest BCUT2D eigenvalue weighted by atomic mass is 9.95. The van der Waals surface area contributed by atoms with Crippen molar-refractivity contribution in [3.8, 4) is 0 Å². The third-order valence-electron chi connectivity index (χ3n) is 4.02. The van der Waals surface area contributed by atoms with Gasteiger partial charge in [0.25, 0.3) is 0 Å². The average Bonchev–Trinajstić information content (AvgIpc) is 2.55. The molecule has 2 nitrogen and oxygen atoms in total. The molecule has 0 radical (unpaired) electrons. The van der Waals surface area contributed by atoms with E-state index in [1.807, 2.05) is 19.2 Å². The van der Waals surface area contributed by atoms with Crippen LogP contribution in [0, 0.1) is 0 Å². The number of likely N-dealkylation sites (N-methyl/N-ethyl adjacent to an activating group) is 1. The van der Waals surface area contributed by atoms with Gasteiger partial charge in [-0.05, 0) is 56.2 Å². The lowest BCUT2D eigenvalue weighted by Gasteiger charge is -2.22.